The molecule has 1 heterocycles. The molecule has 2 unspecified atom stereocenters. The summed E-state index contributed by atoms with van der Waals surface area (Å²) in [5.74, 6) is 0.722. The van der Waals surface area contributed by atoms with Gasteiger partial charge in [-0.1, -0.05) is 29.8 Å². The molecule has 1 aliphatic rings. The Bertz CT molecular complexity index is 358. The van der Waals surface area contributed by atoms with E-state index in [9.17, 15) is 0 Å². The van der Waals surface area contributed by atoms with E-state index in [-0.39, 0.29) is 0 Å². The molecule has 1 aromatic carbocycles. The van der Waals surface area contributed by atoms with Crippen molar-refractivity contribution in [3.05, 3.63) is 35.4 Å². The van der Waals surface area contributed by atoms with Crippen LogP contribution in [-0.4, -0.2) is 23.0 Å². The molecule has 0 radical (unpaired) electrons. The van der Waals surface area contributed by atoms with Crippen molar-refractivity contribution in [3.63, 3.8) is 0 Å². The van der Waals surface area contributed by atoms with Crippen LogP contribution in [0, 0.1) is 6.92 Å². The standard InChI is InChI=1S/C15H23N/c1-11-6-8-13(9-7-11)14-10-16(12(14)2)15(3,4)5/h6-9,12,14H,10H2,1-5H3. The molecule has 1 nitrogen and oxygen atoms in total. The summed E-state index contributed by atoms with van der Waals surface area (Å²) in [6.45, 7) is 12.6. The fourth-order valence-electron chi connectivity index (χ4n) is 2.69. The van der Waals surface area contributed by atoms with E-state index in [2.05, 4.69) is 63.8 Å². The van der Waals surface area contributed by atoms with Gasteiger partial charge in [-0.25, -0.2) is 0 Å². The lowest BCUT2D eigenvalue weighted by molar-refractivity contribution is -0.0108. The smallest absolute Gasteiger partial charge is 0.0153 e. The van der Waals surface area contributed by atoms with E-state index >= 15 is 0 Å². The van der Waals surface area contributed by atoms with Gasteiger partial charge in [0.15, 0.2) is 0 Å². The molecule has 2 atom stereocenters. The van der Waals surface area contributed by atoms with Crippen LogP contribution >= 0.6 is 0 Å². The third-order valence-corrected chi connectivity index (χ3v) is 3.83. The van der Waals surface area contributed by atoms with Crippen LogP contribution in [0.4, 0.5) is 0 Å². The predicted octanol–water partition coefficient (Wildman–Crippen LogP) is 3.58. The van der Waals surface area contributed by atoms with Gasteiger partial charge in [-0.15, -0.1) is 0 Å². The summed E-state index contributed by atoms with van der Waals surface area (Å²) in [6, 6.07) is 9.69. The molecule has 2 rings (SSSR count). The Kier molecular flexibility index (Phi) is 2.83. The lowest BCUT2D eigenvalue weighted by atomic mass is 9.80. The summed E-state index contributed by atoms with van der Waals surface area (Å²) in [4.78, 5) is 2.58. The van der Waals surface area contributed by atoms with Crippen LogP contribution in [0.5, 0.6) is 0 Å². The molecule has 1 fully saturated rings. The fourth-order valence-corrected chi connectivity index (χ4v) is 2.69. The molecule has 1 saturated heterocycles. The van der Waals surface area contributed by atoms with Gasteiger partial charge in [-0.05, 0) is 40.2 Å². The van der Waals surface area contributed by atoms with Crippen LogP contribution in [0.2, 0.25) is 0 Å². The maximum Gasteiger partial charge on any atom is 0.0153 e. The molecule has 0 amide bonds. The highest BCUT2D eigenvalue weighted by atomic mass is 15.3. The first-order valence-electron chi connectivity index (χ1n) is 6.23. The van der Waals surface area contributed by atoms with E-state index < -0.39 is 0 Å². The number of nitrogens with zero attached hydrogens (tertiary/aromatic N) is 1. The van der Waals surface area contributed by atoms with Gasteiger partial charge in [0.1, 0.15) is 0 Å². The molecule has 0 aliphatic carbocycles. The summed E-state index contributed by atoms with van der Waals surface area (Å²) in [6.07, 6.45) is 0. The van der Waals surface area contributed by atoms with Crippen molar-refractivity contribution < 1.29 is 0 Å². The number of hydrogen-bond donors (Lipinski definition) is 0. The number of benzene rings is 1. The van der Waals surface area contributed by atoms with Crippen molar-refractivity contribution in [2.24, 2.45) is 0 Å². The Morgan fingerprint density at radius 3 is 2.12 bits per heavy atom. The zero-order valence-corrected chi connectivity index (χ0v) is 11.1. The van der Waals surface area contributed by atoms with E-state index in [0.29, 0.717) is 11.6 Å². The van der Waals surface area contributed by atoms with Crippen LogP contribution in [0.15, 0.2) is 24.3 Å². The summed E-state index contributed by atoms with van der Waals surface area (Å²) in [5.41, 5.74) is 3.16. The van der Waals surface area contributed by atoms with Crippen molar-refractivity contribution in [2.75, 3.05) is 6.54 Å². The van der Waals surface area contributed by atoms with Crippen molar-refractivity contribution in [1.29, 1.82) is 0 Å². The number of likely N-dealkylation sites (tertiary alicyclic amines) is 1. The highest BCUT2D eigenvalue weighted by Gasteiger charge is 2.41. The molecular formula is C15H23N. The quantitative estimate of drug-likeness (QED) is 0.695. The largest absolute Gasteiger partial charge is 0.294 e. The Morgan fingerprint density at radius 2 is 1.69 bits per heavy atom. The average molecular weight is 217 g/mol. The van der Waals surface area contributed by atoms with Gasteiger partial charge in [0, 0.05) is 24.0 Å². The van der Waals surface area contributed by atoms with Gasteiger partial charge in [-0.2, -0.15) is 0 Å². The number of rotatable bonds is 1. The lowest BCUT2D eigenvalue weighted by Gasteiger charge is -2.53. The maximum atomic E-state index is 2.58. The Labute approximate surface area is 99.5 Å². The predicted molar refractivity (Wildman–Crippen MR) is 69.8 cm³/mol. The molecule has 1 aliphatic heterocycles. The van der Waals surface area contributed by atoms with Crippen molar-refractivity contribution >= 4 is 0 Å². The molecule has 88 valence electrons. The van der Waals surface area contributed by atoms with Gasteiger partial charge in [0.2, 0.25) is 0 Å². The Hall–Kier alpha value is -0.820. The first-order valence-corrected chi connectivity index (χ1v) is 6.23. The van der Waals surface area contributed by atoms with Crippen LogP contribution in [0.3, 0.4) is 0 Å². The van der Waals surface area contributed by atoms with Crippen molar-refractivity contribution in [1.82, 2.24) is 4.90 Å². The normalized spacial score (nSPS) is 26.6. The lowest BCUT2D eigenvalue weighted by Crippen LogP contribution is -2.60. The molecule has 1 heteroatoms. The van der Waals surface area contributed by atoms with Crippen LogP contribution in [0.25, 0.3) is 0 Å². The molecule has 0 bridgehead atoms. The van der Waals surface area contributed by atoms with Gasteiger partial charge in [0.05, 0.1) is 0 Å². The van der Waals surface area contributed by atoms with Crippen molar-refractivity contribution in [3.8, 4) is 0 Å². The van der Waals surface area contributed by atoms with E-state index in [1.807, 2.05) is 0 Å². The first kappa shape index (κ1) is 11.7. The minimum absolute atomic E-state index is 0.306. The van der Waals surface area contributed by atoms with Crippen LogP contribution < -0.4 is 0 Å². The number of aryl methyl sites for hydroxylation is 1. The first-order chi connectivity index (χ1) is 7.39. The average Bonchev–Trinajstić information content (AvgIpc) is 2.17. The Morgan fingerprint density at radius 1 is 1.12 bits per heavy atom. The highest BCUT2D eigenvalue weighted by molar-refractivity contribution is 5.28. The maximum absolute atomic E-state index is 2.58. The molecule has 1 aromatic rings. The van der Waals surface area contributed by atoms with Crippen molar-refractivity contribution in [2.45, 2.75) is 52.1 Å². The SMILES string of the molecule is Cc1ccc(C2CN(C(C)(C)C)C2C)cc1. The third kappa shape index (κ3) is 2.01. The molecule has 0 spiro atoms. The molecule has 0 N–H and O–H groups in total. The zero-order valence-electron chi connectivity index (χ0n) is 11.1. The van der Waals surface area contributed by atoms with E-state index in [1.54, 1.807) is 0 Å². The highest BCUT2D eigenvalue weighted by Crippen LogP contribution is 2.38. The van der Waals surface area contributed by atoms with E-state index in [0.717, 1.165) is 5.92 Å². The monoisotopic (exact) mass is 217 g/mol. The molecular weight excluding hydrogens is 194 g/mol. The number of hydrogen-bond acceptors (Lipinski definition) is 1. The second-order valence-electron chi connectivity index (χ2n) is 6.08. The third-order valence-electron chi connectivity index (χ3n) is 3.83. The second kappa shape index (κ2) is 3.89. The summed E-state index contributed by atoms with van der Waals surface area (Å²) in [7, 11) is 0. The van der Waals surface area contributed by atoms with Gasteiger partial charge in [0.25, 0.3) is 0 Å². The van der Waals surface area contributed by atoms with E-state index in [4.69, 9.17) is 0 Å². The second-order valence-corrected chi connectivity index (χ2v) is 6.08. The minimum Gasteiger partial charge on any atom is -0.294 e. The molecule has 16 heavy (non-hydrogen) atoms. The van der Waals surface area contributed by atoms with Gasteiger partial charge in [-0.3, -0.25) is 4.90 Å². The molecule has 0 aromatic heterocycles. The van der Waals surface area contributed by atoms with E-state index in [1.165, 1.54) is 17.7 Å². The topological polar surface area (TPSA) is 3.24 Å². The van der Waals surface area contributed by atoms with Gasteiger partial charge < -0.3 is 0 Å². The summed E-state index contributed by atoms with van der Waals surface area (Å²) in [5, 5.41) is 0. The zero-order chi connectivity index (χ0) is 11.9. The summed E-state index contributed by atoms with van der Waals surface area (Å²) >= 11 is 0. The minimum atomic E-state index is 0.306. The van der Waals surface area contributed by atoms with Crippen LogP contribution in [-0.2, 0) is 0 Å². The van der Waals surface area contributed by atoms with Gasteiger partial charge >= 0.3 is 0 Å². The molecule has 0 saturated carbocycles. The Balaban J connectivity index is 2.08. The fraction of sp³-hybridized carbons (Fsp3) is 0.600. The van der Waals surface area contributed by atoms with Crippen LogP contribution in [0.1, 0.15) is 44.7 Å². The summed E-state index contributed by atoms with van der Waals surface area (Å²) < 4.78 is 0.